The second kappa shape index (κ2) is 6.22. The lowest BCUT2D eigenvalue weighted by atomic mass is 10.2. The highest BCUT2D eigenvalue weighted by molar-refractivity contribution is 9.10. The van der Waals surface area contributed by atoms with Gasteiger partial charge in [0.2, 0.25) is 0 Å². The van der Waals surface area contributed by atoms with E-state index in [1.807, 2.05) is 30.7 Å². The number of aryl methyl sites for hydroxylation is 1. The van der Waals surface area contributed by atoms with Crippen LogP contribution in [-0.4, -0.2) is 16.1 Å². The van der Waals surface area contributed by atoms with E-state index < -0.39 is 0 Å². The molecule has 0 saturated carbocycles. The summed E-state index contributed by atoms with van der Waals surface area (Å²) < 4.78 is 2.88. The molecule has 0 bridgehead atoms. The smallest absolute Gasteiger partial charge is 0.100 e. The van der Waals surface area contributed by atoms with Crippen LogP contribution in [0.15, 0.2) is 41.4 Å². The molecule has 0 aliphatic rings. The lowest BCUT2D eigenvalue weighted by Crippen LogP contribution is -2.05. The monoisotopic (exact) mass is 304 g/mol. The van der Waals surface area contributed by atoms with E-state index in [-0.39, 0.29) is 0 Å². The zero-order valence-corrected chi connectivity index (χ0v) is 11.4. The number of nitrogens with one attached hydrogen (secondary N) is 1. The summed E-state index contributed by atoms with van der Waals surface area (Å²) in [6.07, 6.45) is 6.58. The predicted octanol–water partition coefficient (Wildman–Crippen LogP) is 3.02. The molecule has 18 heavy (non-hydrogen) atoms. The first-order chi connectivity index (χ1) is 8.79. The van der Waals surface area contributed by atoms with E-state index in [9.17, 15) is 0 Å². The van der Waals surface area contributed by atoms with Crippen molar-refractivity contribution in [1.82, 2.24) is 9.55 Å². The van der Waals surface area contributed by atoms with Gasteiger partial charge in [-0.3, -0.25) is 0 Å². The number of hydrogen-bond donors (Lipinski definition) is 1. The van der Waals surface area contributed by atoms with Gasteiger partial charge >= 0.3 is 0 Å². The summed E-state index contributed by atoms with van der Waals surface area (Å²) >= 11 is 3.37. The molecule has 5 heteroatoms. The molecular weight excluding hydrogens is 292 g/mol. The molecule has 0 aliphatic heterocycles. The van der Waals surface area contributed by atoms with Gasteiger partial charge in [0.25, 0.3) is 0 Å². The second-order valence-corrected chi connectivity index (χ2v) is 4.74. The molecule has 1 aromatic heterocycles. The maximum absolute atomic E-state index is 8.82. The molecule has 1 aromatic carbocycles. The molecule has 1 N–H and O–H groups in total. The van der Waals surface area contributed by atoms with Gasteiger partial charge in [-0.1, -0.05) is 0 Å². The Morgan fingerprint density at radius 2 is 2.33 bits per heavy atom. The van der Waals surface area contributed by atoms with Gasteiger partial charge in [0, 0.05) is 35.6 Å². The van der Waals surface area contributed by atoms with Crippen molar-refractivity contribution in [3.8, 4) is 6.07 Å². The molecule has 92 valence electrons. The molecule has 0 aliphatic carbocycles. The number of nitrogens with zero attached hydrogens (tertiary/aromatic N) is 3. The van der Waals surface area contributed by atoms with Gasteiger partial charge < -0.3 is 9.88 Å². The van der Waals surface area contributed by atoms with E-state index in [4.69, 9.17) is 5.26 Å². The third-order valence-electron chi connectivity index (χ3n) is 2.57. The SMILES string of the molecule is N#Cc1ccc(NCCCn2ccnc2)cc1Br. The molecule has 2 rings (SSSR count). The standard InChI is InChI=1S/C13H13BrN4/c14-13-8-12(3-2-11(13)9-15)17-4-1-6-18-7-5-16-10-18/h2-3,5,7-8,10,17H,1,4,6H2. The minimum atomic E-state index is 0.652. The number of imidazole rings is 1. The first kappa shape index (κ1) is 12.7. The van der Waals surface area contributed by atoms with E-state index in [2.05, 4.69) is 36.9 Å². The number of halogens is 1. The predicted molar refractivity (Wildman–Crippen MR) is 74.2 cm³/mol. The Balaban J connectivity index is 1.80. The fraction of sp³-hybridized carbons (Fsp3) is 0.231. The van der Waals surface area contributed by atoms with E-state index in [1.54, 1.807) is 6.20 Å². The Bertz CT molecular complexity index is 543. The van der Waals surface area contributed by atoms with Gasteiger partial charge in [-0.2, -0.15) is 5.26 Å². The molecule has 0 radical (unpaired) electrons. The maximum Gasteiger partial charge on any atom is 0.100 e. The van der Waals surface area contributed by atoms with Crippen molar-refractivity contribution in [3.63, 3.8) is 0 Å². The lowest BCUT2D eigenvalue weighted by molar-refractivity contribution is 0.661. The molecule has 0 fully saturated rings. The Morgan fingerprint density at radius 3 is 3.00 bits per heavy atom. The Labute approximate surface area is 114 Å². The van der Waals surface area contributed by atoms with Crippen molar-refractivity contribution >= 4 is 21.6 Å². The number of rotatable bonds is 5. The number of hydrogen-bond acceptors (Lipinski definition) is 3. The Kier molecular flexibility index (Phi) is 4.37. The zero-order valence-electron chi connectivity index (χ0n) is 9.81. The first-order valence-electron chi connectivity index (χ1n) is 5.69. The van der Waals surface area contributed by atoms with Crippen LogP contribution in [0.25, 0.3) is 0 Å². The van der Waals surface area contributed by atoms with Crippen molar-refractivity contribution in [2.75, 3.05) is 11.9 Å². The third kappa shape index (κ3) is 3.34. The molecule has 0 amide bonds. The van der Waals surface area contributed by atoms with Crippen LogP contribution >= 0.6 is 15.9 Å². The quantitative estimate of drug-likeness (QED) is 0.864. The summed E-state index contributed by atoms with van der Waals surface area (Å²) in [7, 11) is 0. The van der Waals surface area contributed by atoms with Crippen LogP contribution in [0.1, 0.15) is 12.0 Å². The molecule has 1 heterocycles. The van der Waals surface area contributed by atoms with Gasteiger partial charge in [0.1, 0.15) is 6.07 Å². The van der Waals surface area contributed by atoms with Crippen molar-refractivity contribution in [2.24, 2.45) is 0 Å². The summed E-state index contributed by atoms with van der Waals surface area (Å²) in [4.78, 5) is 4.00. The van der Waals surface area contributed by atoms with Crippen molar-refractivity contribution < 1.29 is 0 Å². The molecule has 0 saturated heterocycles. The van der Waals surface area contributed by atoms with E-state index in [0.717, 1.165) is 29.7 Å². The van der Waals surface area contributed by atoms with Crippen LogP contribution in [0.4, 0.5) is 5.69 Å². The normalized spacial score (nSPS) is 10.0. The van der Waals surface area contributed by atoms with Gasteiger partial charge in [-0.15, -0.1) is 0 Å². The Hall–Kier alpha value is -1.80. The number of nitriles is 1. The minimum absolute atomic E-state index is 0.652. The molecule has 4 nitrogen and oxygen atoms in total. The van der Waals surface area contributed by atoms with Crippen LogP contribution < -0.4 is 5.32 Å². The average molecular weight is 305 g/mol. The van der Waals surface area contributed by atoms with Gasteiger partial charge in [0.15, 0.2) is 0 Å². The van der Waals surface area contributed by atoms with E-state index >= 15 is 0 Å². The molecule has 2 aromatic rings. The van der Waals surface area contributed by atoms with Gasteiger partial charge in [0.05, 0.1) is 11.9 Å². The van der Waals surface area contributed by atoms with Crippen LogP contribution in [-0.2, 0) is 6.54 Å². The second-order valence-electron chi connectivity index (χ2n) is 3.89. The third-order valence-corrected chi connectivity index (χ3v) is 3.23. The largest absolute Gasteiger partial charge is 0.385 e. The highest BCUT2D eigenvalue weighted by atomic mass is 79.9. The number of aromatic nitrogens is 2. The minimum Gasteiger partial charge on any atom is -0.385 e. The van der Waals surface area contributed by atoms with Gasteiger partial charge in [-0.25, -0.2) is 4.98 Å². The number of benzene rings is 1. The highest BCUT2D eigenvalue weighted by Gasteiger charge is 2.00. The Morgan fingerprint density at radius 1 is 1.44 bits per heavy atom. The molecule has 0 spiro atoms. The molecular formula is C13H13BrN4. The van der Waals surface area contributed by atoms with Crippen molar-refractivity contribution in [3.05, 3.63) is 47.0 Å². The van der Waals surface area contributed by atoms with Crippen molar-refractivity contribution in [2.45, 2.75) is 13.0 Å². The maximum atomic E-state index is 8.82. The zero-order chi connectivity index (χ0) is 12.8. The highest BCUT2D eigenvalue weighted by Crippen LogP contribution is 2.20. The summed E-state index contributed by atoms with van der Waals surface area (Å²) in [6.45, 7) is 1.83. The molecule has 0 unspecified atom stereocenters. The fourth-order valence-corrected chi connectivity index (χ4v) is 2.10. The number of anilines is 1. The summed E-state index contributed by atoms with van der Waals surface area (Å²) in [5.41, 5.74) is 1.67. The van der Waals surface area contributed by atoms with Crippen LogP contribution in [0, 0.1) is 11.3 Å². The van der Waals surface area contributed by atoms with E-state index in [0.29, 0.717) is 5.56 Å². The van der Waals surface area contributed by atoms with Crippen molar-refractivity contribution in [1.29, 1.82) is 5.26 Å². The molecule has 0 atom stereocenters. The topological polar surface area (TPSA) is 53.6 Å². The summed E-state index contributed by atoms with van der Waals surface area (Å²) in [6, 6.07) is 7.77. The van der Waals surface area contributed by atoms with Crippen LogP contribution in [0.3, 0.4) is 0 Å². The van der Waals surface area contributed by atoms with Gasteiger partial charge in [-0.05, 0) is 40.5 Å². The summed E-state index contributed by atoms with van der Waals surface area (Å²) in [5.74, 6) is 0. The average Bonchev–Trinajstić information content (AvgIpc) is 2.88. The first-order valence-corrected chi connectivity index (χ1v) is 6.48. The van der Waals surface area contributed by atoms with Crippen LogP contribution in [0.2, 0.25) is 0 Å². The van der Waals surface area contributed by atoms with Crippen LogP contribution in [0.5, 0.6) is 0 Å². The fourth-order valence-electron chi connectivity index (χ4n) is 1.63. The van der Waals surface area contributed by atoms with E-state index in [1.165, 1.54) is 0 Å². The lowest BCUT2D eigenvalue weighted by Gasteiger charge is -2.07. The summed E-state index contributed by atoms with van der Waals surface area (Å²) in [5, 5.41) is 12.1.